The number of fused-ring (bicyclic) bond motifs is 3. The molecule has 6 nitrogen and oxygen atoms in total. The Hall–Kier alpha value is -3.46. The van der Waals surface area contributed by atoms with Crippen molar-refractivity contribution in [1.82, 2.24) is 9.55 Å². The first kappa shape index (κ1) is 14.2. The summed E-state index contributed by atoms with van der Waals surface area (Å²) in [5.74, 6) is 1.10. The Kier molecular flexibility index (Phi) is 2.97. The van der Waals surface area contributed by atoms with Crippen molar-refractivity contribution in [3.8, 4) is 17.5 Å². The third-order valence-electron chi connectivity index (χ3n) is 4.27. The van der Waals surface area contributed by atoms with Crippen LogP contribution >= 0.6 is 0 Å². The average molecular weight is 318 g/mol. The number of pyridine rings is 1. The van der Waals surface area contributed by atoms with Crippen molar-refractivity contribution in [3.05, 3.63) is 47.9 Å². The van der Waals surface area contributed by atoms with Crippen LogP contribution in [-0.2, 0) is 0 Å². The van der Waals surface area contributed by atoms with Crippen molar-refractivity contribution in [1.29, 1.82) is 5.26 Å². The third kappa shape index (κ3) is 1.72. The molecule has 3 heterocycles. The molecule has 0 aliphatic heterocycles. The fraction of sp³-hybridized carbons (Fsp3) is 0.111. The lowest BCUT2D eigenvalue weighted by molar-refractivity contribution is 0.411. The van der Waals surface area contributed by atoms with Gasteiger partial charge in [-0.25, -0.2) is 0 Å². The highest BCUT2D eigenvalue weighted by Crippen LogP contribution is 2.37. The summed E-state index contributed by atoms with van der Waals surface area (Å²) in [6, 6.07) is 9.67. The molecule has 0 atom stereocenters. The van der Waals surface area contributed by atoms with E-state index in [1.165, 1.54) is 0 Å². The third-order valence-corrected chi connectivity index (χ3v) is 4.27. The number of hydrogen-bond donors (Lipinski definition) is 1. The van der Waals surface area contributed by atoms with Gasteiger partial charge in [0.25, 0.3) is 0 Å². The van der Waals surface area contributed by atoms with Crippen LogP contribution in [0.15, 0.2) is 41.1 Å². The lowest BCUT2D eigenvalue weighted by Crippen LogP contribution is -2.04. The molecule has 6 heteroatoms. The van der Waals surface area contributed by atoms with E-state index in [9.17, 15) is 5.26 Å². The van der Waals surface area contributed by atoms with Gasteiger partial charge in [-0.15, -0.1) is 0 Å². The second-order valence-corrected chi connectivity index (χ2v) is 5.47. The zero-order chi connectivity index (χ0) is 16.8. The van der Waals surface area contributed by atoms with E-state index in [4.69, 9.17) is 14.9 Å². The van der Waals surface area contributed by atoms with E-state index in [1.54, 1.807) is 25.6 Å². The van der Waals surface area contributed by atoms with Gasteiger partial charge in [-0.1, -0.05) is 6.07 Å². The maximum absolute atomic E-state index is 9.54. The molecule has 4 rings (SSSR count). The Morgan fingerprint density at radius 3 is 2.92 bits per heavy atom. The molecule has 0 saturated carbocycles. The Balaban J connectivity index is 2.22. The lowest BCUT2D eigenvalue weighted by atomic mass is 10.1. The summed E-state index contributed by atoms with van der Waals surface area (Å²) < 4.78 is 12.9. The lowest BCUT2D eigenvalue weighted by Gasteiger charge is -2.14. The summed E-state index contributed by atoms with van der Waals surface area (Å²) in [7, 11) is 1.62. The quantitative estimate of drug-likeness (QED) is 0.610. The molecule has 0 fully saturated rings. The summed E-state index contributed by atoms with van der Waals surface area (Å²) in [5.41, 5.74) is 10.5. The van der Waals surface area contributed by atoms with E-state index in [2.05, 4.69) is 11.1 Å². The summed E-state index contributed by atoms with van der Waals surface area (Å²) >= 11 is 0. The highest BCUT2D eigenvalue weighted by Gasteiger charge is 2.22. The van der Waals surface area contributed by atoms with Crippen LogP contribution in [0.25, 0.3) is 27.7 Å². The normalized spacial score (nSPS) is 11.0. The number of hydrogen-bond acceptors (Lipinski definition) is 5. The zero-order valence-corrected chi connectivity index (χ0v) is 13.2. The Morgan fingerprint density at radius 2 is 2.17 bits per heavy atom. The molecule has 3 aromatic heterocycles. The number of nitrogens with zero attached hydrogens (tertiary/aromatic N) is 3. The van der Waals surface area contributed by atoms with E-state index in [0.717, 1.165) is 22.5 Å². The van der Waals surface area contributed by atoms with E-state index < -0.39 is 0 Å². The Labute approximate surface area is 137 Å². The van der Waals surface area contributed by atoms with Crippen LogP contribution in [0, 0.1) is 18.3 Å². The minimum absolute atomic E-state index is 0.356. The van der Waals surface area contributed by atoms with Gasteiger partial charge in [0.05, 0.1) is 19.1 Å². The molecule has 1 aromatic carbocycles. The predicted octanol–water partition coefficient (Wildman–Crippen LogP) is 3.54. The molecule has 0 spiro atoms. The van der Waals surface area contributed by atoms with Crippen LogP contribution in [0.3, 0.4) is 0 Å². The van der Waals surface area contributed by atoms with Crippen molar-refractivity contribution >= 4 is 27.8 Å². The molecular weight excluding hydrogens is 304 g/mol. The van der Waals surface area contributed by atoms with E-state index in [-0.39, 0.29) is 0 Å². The molecule has 0 saturated heterocycles. The average Bonchev–Trinajstić information content (AvgIpc) is 3.16. The molecule has 2 N–H and O–H groups in total. The first-order valence-electron chi connectivity index (χ1n) is 7.37. The van der Waals surface area contributed by atoms with E-state index in [1.807, 2.05) is 29.7 Å². The largest absolute Gasteiger partial charge is 0.496 e. The van der Waals surface area contributed by atoms with Gasteiger partial charge in [0.2, 0.25) is 0 Å². The summed E-state index contributed by atoms with van der Waals surface area (Å²) in [6.07, 6.45) is 3.24. The van der Waals surface area contributed by atoms with Gasteiger partial charge < -0.3 is 14.9 Å². The van der Waals surface area contributed by atoms with Gasteiger partial charge in [-0.2, -0.15) is 5.26 Å². The molecule has 0 radical (unpaired) electrons. The number of furan rings is 1. The van der Waals surface area contributed by atoms with E-state index >= 15 is 0 Å². The Morgan fingerprint density at radius 1 is 1.33 bits per heavy atom. The van der Waals surface area contributed by atoms with Crippen LogP contribution in [0.4, 0.5) is 5.82 Å². The molecule has 4 aromatic rings. The minimum Gasteiger partial charge on any atom is -0.496 e. The van der Waals surface area contributed by atoms with Crippen LogP contribution in [0.5, 0.6) is 5.75 Å². The maximum Gasteiger partial charge on any atom is 0.176 e. The van der Waals surface area contributed by atoms with Gasteiger partial charge in [-0.05, 0) is 19.1 Å². The van der Waals surface area contributed by atoms with Gasteiger partial charge in [0, 0.05) is 23.2 Å². The summed E-state index contributed by atoms with van der Waals surface area (Å²) in [4.78, 5) is 4.34. The standard InChI is InChI=1S/C18H14N4O2/c1-10-14(4-3-5-15(10)23-2)22-16-12(11(8-19)18(22)20)9-21-13-6-7-24-17(13)16/h3-7,9H,20H2,1-2H3. The van der Waals surface area contributed by atoms with Crippen LogP contribution in [0.1, 0.15) is 11.1 Å². The molecule has 0 bridgehead atoms. The molecule has 118 valence electrons. The molecule has 0 aliphatic rings. The second kappa shape index (κ2) is 5.03. The van der Waals surface area contributed by atoms with Gasteiger partial charge in [0.15, 0.2) is 5.58 Å². The molecule has 0 amide bonds. The number of benzene rings is 1. The fourth-order valence-electron chi connectivity index (χ4n) is 3.11. The van der Waals surface area contributed by atoms with E-state index in [0.29, 0.717) is 27.9 Å². The van der Waals surface area contributed by atoms with Gasteiger partial charge in [0.1, 0.15) is 34.2 Å². The van der Waals surface area contributed by atoms with Crippen molar-refractivity contribution in [2.45, 2.75) is 6.92 Å². The maximum atomic E-state index is 9.54. The number of nitrogens with two attached hydrogens (primary N) is 1. The fourth-order valence-corrected chi connectivity index (χ4v) is 3.11. The number of nitrogen functional groups attached to an aromatic ring is 1. The topological polar surface area (TPSA) is 90.0 Å². The van der Waals surface area contributed by atoms with Crippen molar-refractivity contribution in [2.75, 3.05) is 12.8 Å². The molecule has 24 heavy (non-hydrogen) atoms. The van der Waals surface area contributed by atoms with Gasteiger partial charge in [-0.3, -0.25) is 9.55 Å². The van der Waals surface area contributed by atoms with Crippen molar-refractivity contribution in [3.63, 3.8) is 0 Å². The first-order chi connectivity index (χ1) is 11.7. The van der Waals surface area contributed by atoms with Crippen molar-refractivity contribution < 1.29 is 9.15 Å². The van der Waals surface area contributed by atoms with Crippen molar-refractivity contribution in [2.24, 2.45) is 0 Å². The number of ether oxygens (including phenoxy) is 1. The number of anilines is 1. The number of rotatable bonds is 2. The van der Waals surface area contributed by atoms with Gasteiger partial charge >= 0.3 is 0 Å². The molecule has 0 aliphatic carbocycles. The highest BCUT2D eigenvalue weighted by atomic mass is 16.5. The number of methoxy groups -OCH3 is 1. The summed E-state index contributed by atoms with van der Waals surface area (Å²) in [5, 5.41) is 10.2. The van der Waals surface area contributed by atoms with Crippen LogP contribution in [0.2, 0.25) is 0 Å². The monoisotopic (exact) mass is 318 g/mol. The molecular formula is C18H14N4O2. The Bertz CT molecular complexity index is 1130. The van der Waals surface area contributed by atoms with Crippen LogP contribution in [-0.4, -0.2) is 16.7 Å². The number of nitriles is 1. The highest BCUT2D eigenvalue weighted by molar-refractivity contribution is 6.06. The zero-order valence-electron chi connectivity index (χ0n) is 13.2. The first-order valence-corrected chi connectivity index (χ1v) is 7.37. The SMILES string of the molecule is COc1cccc(-n2c(N)c(C#N)c3cnc4ccoc4c32)c1C. The minimum atomic E-state index is 0.356. The predicted molar refractivity (Wildman–Crippen MR) is 91.3 cm³/mol. The number of aromatic nitrogens is 2. The smallest absolute Gasteiger partial charge is 0.176 e. The molecule has 0 unspecified atom stereocenters. The second-order valence-electron chi connectivity index (χ2n) is 5.47. The van der Waals surface area contributed by atoms with Crippen LogP contribution < -0.4 is 10.5 Å². The summed E-state index contributed by atoms with van der Waals surface area (Å²) in [6.45, 7) is 1.95.